The third-order valence-corrected chi connectivity index (χ3v) is 1.90. The lowest BCUT2D eigenvalue weighted by Crippen LogP contribution is -2.43. The van der Waals surface area contributed by atoms with E-state index in [-0.39, 0.29) is 5.69 Å². The Balaban J connectivity index is 2.66. The standard InChI is InChI=1S/C8H9ClN2O4/c9-4-1-5(10-2-4)7(13)11-6(3-12)8(14)15/h1-2,6,10,12H,3H2,(H,11,13)(H,14,15)/t6-/m1/s1. The first-order valence-corrected chi connectivity index (χ1v) is 4.41. The van der Waals surface area contributed by atoms with Gasteiger partial charge in [0.25, 0.3) is 5.91 Å². The molecule has 82 valence electrons. The highest BCUT2D eigenvalue weighted by Crippen LogP contribution is 2.09. The molecule has 0 fully saturated rings. The van der Waals surface area contributed by atoms with Crippen LogP contribution in [0.25, 0.3) is 0 Å². The number of aromatic amines is 1. The lowest BCUT2D eigenvalue weighted by molar-refractivity contribution is -0.140. The highest BCUT2D eigenvalue weighted by molar-refractivity contribution is 6.30. The van der Waals surface area contributed by atoms with Crippen LogP contribution in [0.4, 0.5) is 0 Å². The van der Waals surface area contributed by atoms with E-state index in [2.05, 4.69) is 10.3 Å². The van der Waals surface area contributed by atoms with Gasteiger partial charge in [-0.05, 0) is 6.07 Å². The van der Waals surface area contributed by atoms with Crippen molar-refractivity contribution in [1.29, 1.82) is 0 Å². The van der Waals surface area contributed by atoms with Gasteiger partial charge in [-0.25, -0.2) is 4.79 Å². The number of halogens is 1. The van der Waals surface area contributed by atoms with Crippen molar-refractivity contribution in [3.05, 3.63) is 23.0 Å². The molecule has 0 aliphatic carbocycles. The minimum absolute atomic E-state index is 0.139. The molecule has 0 bridgehead atoms. The van der Waals surface area contributed by atoms with Crippen LogP contribution in [0.1, 0.15) is 10.5 Å². The van der Waals surface area contributed by atoms with Gasteiger partial charge in [0.05, 0.1) is 11.6 Å². The van der Waals surface area contributed by atoms with Gasteiger partial charge >= 0.3 is 5.97 Å². The van der Waals surface area contributed by atoms with Crippen LogP contribution >= 0.6 is 11.6 Å². The summed E-state index contributed by atoms with van der Waals surface area (Å²) in [6.07, 6.45) is 1.39. The maximum absolute atomic E-state index is 11.4. The molecule has 1 rings (SSSR count). The molecule has 0 aromatic carbocycles. The van der Waals surface area contributed by atoms with Crippen molar-refractivity contribution in [2.45, 2.75) is 6.04 Å². The largest absolute Gasteiger partial charge is 0.480 e. The number of aliphatic hydroxyl groups excluding tert-OH is 1. The van der Waals surface area contributed by atoms with Crippen LogP contribution in [0.2, 0.25) is 5.02 Å². The Morgan fingerprint density at radius 1 is 1.60 bits per heavy atom. The van der Waals surface area contributed by atoms with Crippen LogP contribution in [0.15, 0.2) is 12.3 Å². The van der Waals surface area contributed by atoms with Gasteiger partial charge < -0.3 is 20.5 Å². The summed E-state index contributed by atoms with van der Waals surface area (Å²) in [5.74, 6) is -1.94. The molecule has 0 radical (unpaired) electrons. The second kappa shape index (κ2) is 4.81. The van der Waals surface area contributed by atoms with Gasteiger partial charge in [-0.2, -0.15) is 0 Å². The van der Waals surface area contributed by atoms with Gasteiger partial charge in [0.1, 0.15) is 5.69 Å². The summed E-state index contributed by atoms with van der Waals surface area (Å²) in [7, 11) is 0. The third-order valence-electron chi connectivity index (χ3n) is 1.68. The van der Waals surface area contributed by atoms with E-state index >= 15 is 0 Å². The van der Waals surface area contributed by atoms with E-state index in [0.717, 1.165) is 0 Å². The number of nitrogens with one attached hydrogen (secondary N) is 2. The molecule has 1 aromatic heterocycles. The summed E-state index contributed by atoms with van der Waals surface area (Å²) in [6.45, 7) is -0.671. The van der Waals surface area contributed by atoms with Gasteiger partial charge in [-0.3, -0.25) is 4.79 Å². The van der Waals surface area contributed by atoms with Gasteiger partial charge in [0.15, 0.2) is 6.04 Å². The van der Waals surface area contributed by atoms with E-state index in [1.54, 1.807) is 0 Å². The number of amides is 1. The number of rotatable bonds is 4. The van der Waals surface area contributed by atoms with E-state index < -0.39 is 24.5 Å². The van der Waals surface area contributed by atoms with E-state index in [4.69, 9.17) is 21.8 Å². The van der Waals surface area contributed by atoms with Crippen LogP contribution in [-0.4, -0.2) is 39.7 Å². The Morgan fingerprint density at radius 3 is 2.67 bits per heavy atom. The molecule has 4 N–H and O–H groups in total. The smallest absolute Gasteiger partial charge is 0.328 e. The number of hydrogen-bond acceptors (Lipinski definition) is 3. The zero-order chi connectivity index (χ0) is 11.4. The molecule has 0 unspecified atom stereocenters. The van der Waals surface area contributed by atoms with Gasteiger partial charge in [0.2, 0.25) is 0 Å². The SMILES string of the molecule is O=C(N[C@H](CO)C(=O)O)c1cc(Cl)c[nH]1. The van der Waals surface area contributed by atoms with E-state index in [9.17, 15) is 9.59 Å². The molecule has 1 aromatic rings. The van der Waals surface area contributed by atoms with Crippen LogP contribution in [0.3, 0.4) is 0 Å². The number of carboxylic acids is 1. The maximum atomic E-state index is 11.4. The summed E-state index contributed by atoms with van der Waals surface area (Å²) >= 11 is 5.56. The minimum atomic E-state index is -1.32. The van der Waals surface area contributed by atoms with E-state index in [1.807, 2.05) is 0 Å². The number of carbonyl (C=O) groups is 2. The number of H-pyrrole nitrogens is 1. The summed E-state index contributed by atoms with van der Waals surface area (Å²) in [6, 6.07) is 0.0345. The van der Waals surface area contributed by atoms with Gasteiger partial charge in [-0.1, -0.05) is 11.6 Å². The van der Waals surface area contributed by atoms with Crippen LogP contribution in [0, 0.1) is 0 Å². The Kier molecular flexibility index (Phi) is 3.70. The molecule has 7 heteroatoms. The normalized spacial score (nSPS) is 12.1. The Labute approximate surface area is 89.9 Å². The highest BCUT2D eigenvalue weighted by atomic mass is 35.5. The lowest BCUT2D eigenvalue weighted by Gasteiger charge is -2.10. The molecule has 0 aliphatic heterocycles. The molecule has 6 nitrogen and oxygen atoms in total. The summed E-state index contributed by atoms with van der Waals surface area (Å²) < 4.78 is 0. The molecular weight excluding hydrogens is 224 g/mol. The predicted molar refractivity (Wildman–Crippen MR) is 51.8 cm³/mol. The Hall–Kier alpha value is -1.53. The first-order valence-electron chi connectivity index (χ1n) is 4.03. The van der Waals surface area contributed by atoms with Crippen molar-refractivity contribution in [2.24, 2.45) is 0 Å². The number of hydrogen-bond donors (Lipinski definition) is 4. The summed E-state index contributed by atoms with van der Waals surface area (Å²) in [5.41, 5.74) is 0.139. The molecule has 0 saturated heterocycles. The molecular formula is C8H9ClN2O4. The number of carboxylic acid groups (broad SMARTS) is 1. The van der Waals surface area contributed by atoms with Gasteiger partial charge in [0, 0.05) is 6.20 Å². The molecule has 0 spiro atoms. The minimum Gasteiger partial charge on any atom is -0.480 e. The first-order chi connectivity index (χ1) is 7.04. The topological polar surface area (TPSA) is 102 Å². The molecule has 1 heterocycles. The molecule has 15 heavy (non-hydrogen) atoms. The maximum Gasteiger partial charge on any atom is 0.328 e. The monoisotopic (exact) mass is 232 g/mol. The molecule has 0 saturated carbocycles. The number of carbonyl (C=O) groups excluding carboxylic acids is 1. The number of aromatic nitrogens is 1. The number of aliphatic carboxylic acids is 1. The fraction of sp³-hybridized carbons (Fsp3) is 0.250. The van der Waals surface area contributed by atoms with Crippen LogP contribution in [-0.2, 0) is 4.79 Å². The molecule has 1 amide bonds. The Morgan fingerprint density at radius 2 is 2.27 bits per heavy atom. The second-order valence-corrected chi connectivity index (χ2v) is 3.21. The van der Waals surface area contributed by atoms with E-state index in [1.165, 1.54) is 12.3 Å². The second-order valence-electron chi connectivity index (χ2n) is 2.78. The number of aliphatic hydroxyl groups is 1. The lowest BCUT2D eigenvalue weighted by atomic mass is 10.3. The quantitative estimate of drug-likeness (QED) is 0.579. The van der Waals surface area contributed by atoms with Crippen LogP contribution < -0.4 is 5.32 Å². The fourth-order valence-corrected chi connectivity index (χ4v) is 1.08. The van der Waals surface area contributed by atoms with Crippen molar-refractivity contribution in [2.75, 3.05) is 6.61 Å². The van der Waals surface area contributed by atoms with Crippen LogP contribution in [0.5, 0.6) is 0 Å². The van der Waals surface area contributed by atoms with Crippen molar-refractivity contribution < 1.29 is 19.8 Å². The predicted octanol–water partition coefficient (Wildman–Crippen LogP) is -0.157. The fourth-order valence-electron chi connectivity index (χ4n) is 0.920. The summed E-state index contributed by atoms with van der Waals surface area (Å²) in [4.78, 5) is 24.4. The average molecular weight is 233 g/mol. The van der Waals surface area contributed by atoms with Crippen molar-refractivity contribution in [3.8, 4) is 0 Å². The Bertz CT molecular complexity index is 376. The van der Waals surface area contributed by atoms with E-state index in [0.29, 0.717) is 5.02 Å². The van der Waals surface area contributed by atoms with Crippen molar-refractivity contribution in [1.82, 2.24) is 10.3 Å². The van der Waals surface area contributed by atoms with Crippen molar-refractivity contribution >= 4 is 23.5 Å². The highest BCUT2D eigenvalue weighted by Gasteiger charge is 2.20. The first kappa shape index (κ1) is 11.5. The zero-order valence-electron chi connectivity index (χ0n) is 7.53. The zero-order valence-corrected chi connectivity index (χ0v) is 8.28. The molecule has 0 aliphatic rings. The average Bonchev–Trinajstić information content (AvgIpc) is 2.60. The third kappa shape index (κ3) is 2.97. The summed E-state index contributed by atoms with van der Waals surface area (Å²) in [5, 5.41) is 19.7. The van der Waals surface area contributed by atoms with Gasteiger partial charge in [-0.15, -0.1) is 0 Å². The molecule has 1 atom stereocenters. The van der Waals surface area contributed by atoms with Crippen molar-refractivity contribution in [3.63, 3.8) is 0 Å².